The molecule has 0 radical (unpaired) electrons. The van der Waals surface area contributed by atoms with E-state index in [1.165, 1.54) is 25.0 Å². The van der Waals surface area contributed by atoms with Gasteiger partial charge in [-0.1, -0.05) is 0 Å². The second-order valence-corrected chi connectivity index (χ2v) is 6.58. The molecular weight excluding hydrogens is 366 g/mol. The molecule has 28 heavy (non-hydrogen) atoms. The summed E-state index contributed by atoms with van der Waals surface area (Å²) in [6, 6.07) is 7.28. The summed E-state index contributed by atoms with van der Waals surface area (Å²) < 4.78 is 37.4. The Morgan fingerprint density at radius 2 is 2.07 bits per heavy atom. The van der Waals surface area contributed by atoms with Crippen LogP contribution in [0.15, 0.2) is 46.0 Å². The van der Waals surface area contributed by atoms with E-state index in [1.807, 2.05) is 12.1 Å². The van der Waals surface area contributed by atoms with Gasteiger partial charge in [-0.3, -0.25) is 9.89 Å². The number of rotatable bonds is 8. The van der Waals surface area contributed by atoms with Crippen molar-refractivity contribution in [2.45, 2.75) is 18.9 Å². The van der Waals surface area contributed by atoms with Crippen LogP contribution >= 0.6 is 0 Å². The number of nitrogens with one attached hydrogen (secondary N) is 2. The number of hydrogen-bond acceptors (Lipinski definition) is 4. The smallest absolute Gasteiger partial charge is 0.191 e. The first-order valence-corrected chi connectivity index (χ1v) is 9.47. The number of ether oxygens (including phenoxy) is 1. The molecule has 152 valence electrons. The molecule has 0 saturated carbocycles. The van der Waals surface area contributed by atoms with Gasteiger partial charge in [-0.05, 0) is 50.2 Å². The molecule has 1 aliphatic rings. The van der Waals surface area contributed by atoms with Crippen molar-refractivity contribution in [1.82, 2.24) is 15.5 Å². The summed E-state index contributed by atoms with van der Waals surface area (Å²) in [6.07, 6.45) is 4.08. The minimum atomic E-state index is -0.714. The Morgan fingerprint density at radius 1 is 1.25 bits per heavy atom. The Balaban J connectivity index is 1.45. The summed E-state index contributed by atoms with van der Waals surface area (Å²) in [4.78, 5) is 6.61. The summed E-state index contributed by atoms with van der Waals surface area (Å²) in [5.41, 5.74) is 0. The lowest BCUT2D eigenvalue weighted by molar-refractivity contribution is 0.215. The van der Waals surface area contributed by atoms with Crippen LogP contribution in [0.5, 0.6) is 5.75 Å². The molecule has 1 fully saturated rings. The maximum absolute atomic E-state index is 13.6. The van der Waals surface area contributed by atoms with Gasteiger partial charge in [0.15, 0.2) is 17.5 Å². The maximum atomic E-state index is 13.6. The van der Waals surface area contributed by atoms with Gasteiger partial charge >= 0.3 is 0 Å². The minimum absolute atomic E-state index is 0.0260. The van der Waals surface area contributed by atoms with Crippen molar-refractivity contribution in [2.75, 3.05) is 39.8 Å². The molecule has 3 rings (SSSR count). The highest BCUT2D eigenvalue weighted by Crippen LogP contribution is 2.24. The van der Waals surface area contributed by atoms with Crippen molar-refractivity contribution < 1.29 is 17.9 Å². The van der Waals surface area contributed by atoms with Crippen molar-refractivity contribution in [1.29, 1.82) is 0 Å². The van der Waals surface area contributed by atoms with Gasteiger partial charge in [-0.25, -0.2) is 8.78 Å². The summed E-state index contributed by atoms with van der Waals surface area (Å²) in [5, 5.41) is 6.44. The third kappa shape index (κ3) is 5.45. The van der Waals surface area contributed by atoms with E-state index in [2.05, 4.69) is 20.5 Å². The number of benzene rings is 1. The van der Waals surface area contributed by atoms with E-state index < -0.39 is 11.6 Å². The van der Waals surface area contributed by atoms with E-state index >= 15 is 0 Å². The molecule has 6 nitrogen and oxygen atoms in total. The lowest BCUT2D eigenvalue weighted by atomic mass is 10.2. The number of guanidine groups is 1. The van der Waals surface area contributed by atoms with Crippen LogP contribution in [0, 0.1) is 11.6 Å². The Bertz CT molecular complexity index is 762. The van der Waals surface area contributed by atoms with Crippen molar-refractivity contribution in [2.24, 2.45) is 4.99 Å². The van der Waals surface area contributed by atoms with Gasteiger partial charge in [-0.15, -0.1) is 0 Å². The molecule has 2 N–H and O–H groups in total. The quantitative estimate of drug-likeness (QED) is 0.411. The zero-order valence-corrected chi connectivity index (χ0v) is 16.0. The van der Waals surface area contributed by atoms with Crippen LogP contribution in [0.25, 0.3) is 0 Å². The van der Waals surface area contributed by atoms with Crippen molar-refractivity contribution >= 4 is 5.96 Å². The van der Waals surface area contributed by atoms with Gasteiger partial charge in [-0.2, -0.15) is 0 Å². The predicted octanol–water partition coefficient (Wildman–Crippen LogP) is 2.94. The van der Waals surface area contributed by atoms with Crippen LogP contribution in [0.3, 0.4) is 0 Å². The highest BCUT2D eigenvalue weighted by molar-refractivity contribution is 5.79. The number of hydrogen-bond donors (Lipinski definition) is 2. The first-order chi connectivity index (χ1) is 13.7. The molecule has 1 aromatic heterocycles. The van der Waals surface area contributed by atoms with Crippen LogP contribution in [0.2, 0.25) is 0 Å². The number of aliphatic imine (C=N–C) groups is 1. The Hall–Kier alpha value is -2.61. The van der Waals surface area contributed by atoms with Gasteiger partial charge in [0.2, 0.25) is 0 Å². The van der Waals surface area contributed by atoms with Crippen LogP contribution in [-0.2, 0) is 0 Å². The molecule has 1 aromatic carbocycles. The molecule has 1 atom stereocenters. The number of nitrogens with zero attached hydrogens (tertiary/aromatic N) is 2. The van der Waals surface area contributed by atoms with E-state index in [-0.39, 0.29) is 18.4 Å². The zero-order valence-electron chi connectivity index (χ0n) is 16.0. The van der Waals surface area contributed by atoms with E-state index in [0.717, 1.165) is 24.9 Å². The Morgan fingerprint density at radius 3 is 2.75 bits per heavy atom. The first kappa shape index (κ1) is 20.1. The zero-order chi connectivity index (χ0) is 19.8. The SMILES string of the molecule is CN=C(NCCOc1ccc(F)cc1F)NCC(c1ccco1)N1CCCC1. The van der Waals surface area contributed by atoms with Crippen molar-refractivity contribution in [3.8, 4) is 5.75 Å². The predicted molar refractivity (Wildman–Crippen MR) is 103 cm³/mol. The molecule has 0 spiro atoms. The molecule has 8 heteroatoms. The van der Waals surface area contributed by atoms with E-state index in [9.17, 15) is 8.78 Å². The molecule has 0 amide bonds. The summed E-state index contributed by atoms with van der Waals surface area (Å²) >= 11 is 0. The fourth-order valence-electron chi connectivity index (χ4n) is 3.28. The van der Waals surface area contributed by atoms with Gasteiger partial charge < -0.3 is 19.8 Å². The van der Waals surface area contributed by atoms with Crippen LogP contribution in [-0.4, -0.2) is 50.7 Å². The summed E-state index contributed by atoms with van der Waals surface area (Å²) in [7, 11) is 1.69. The lowest BCUT2D eigenvalue weighted by Gasteiger charge is -2.26. The minimum Gasteiger partial charge on any atom is -0.489 e. The summed E-state index contributed by atoms with van der Waals surface area (Å²) in [6.45, 7) is 3.40. The van der Waals surface area contributed by atoms with Gasteiger partial charge in [0.1, 0.15) is 18.2 Å². The maximum Gasteiger partial charge on any atom is 0.191 e. The van der Waals surface area contributed by atoms with Crippen molar-refractivity contribution in [3.63, 3.8) is 0 Å². The van der Waals surface area contributed by atoms with E-state index in [4.69, 9.17) is 9.15 Å². The summed E-state index contributed by atoms with van der Waals surface area (Å²) in [5.74, 6) is 0.239. The molecule has 1 unspecified atom stereocenters. The average Bonchev–Trinajstić information content (AvgIpc) is 3.39. The Kier molecular flexibility index (Phi) is 7.25. The standard InChI is InChI=1S/C20H26F2N4O2/c1-23-20(24-8-12-28-18-7-6-15(21)13-16(18)22)25-14-17(19-5-4-11-27-19)26-9-2-3-10-26/h4-7,11,13,17H,2-3,8-10,12,14H2,1H3,(H2,23,24,25). The molecule has 1 saturated heterocycles. The largest absolute Gasteiger partial charge is 0.489 e. The number of furan rings is 1. The van der Waals surface area contributed by atoms with Crippen molar-refractivity contribution in [3.05, 3.63) is 54.0 Å². The monoisotopic (exact) mass is 392 g/mol. The second-order valence-electron chi connectivity index (χ2n) is 6.58. The fraction of sp³-hybridized carbons (Fsp3) is 0.450. The molecule has 1 aliphatic heterocycles. The number of halogens is 2. The molecule has 2 aromatic rings. The highest BCUT2D eigenvalue weighted by atomic mass is 19.1. The van der Waals surface area contributed by atoms with Crippen LogP contribution in [0.1, 0.15) is 24.6 Å². The second kappa shape index (κ2) is 10.1. The third-order valence-electron chi connectivity index (χ3n) is 4.69. The first-order valence-electron chi connectivity index (χ1n) is 9.47. The molecular formula is C20H26F2N4O2. The molecule has 2 heterocycles. The topological polar surface area (TPSA) is 62.0 Å². The van der Waals surface area contributed by atoms with Crippen LogP contribution < -0.4 is 15.4 Å². The Labute approximate surface area is 163 Å². The number of likely N-dealkylation sites (tertiary alicyclic amines) is 1. The molecule has 0 aliphatic carbocycles. The van der Waals surface area contributed by atoms with Crippen LogP contribution in [0.4, 0.5) is 8.78 Å². The van der Waals surface area contributed by atoms with Gasteiger partial charge in [0, 0.05) is 19.7 Å². The fourth-order valence-corrected chi connectivity index (χ4v) is 3.28. The van der Waals surface area contributed by atoms with E-state index in [1.54, 1.807) is 13.3 Å². The van der Waals surface area contributed by atoms with E-state index in [0.29, 0.717) is 19.0 Å². The van der Waals surface area contributed by atoms with Gasteiger partial charge in [0.25, 0.3) is 0 Å². The molecule has 0 bridgehead atoms. The highest BCUT2D eigenvalue weighted by Gasteiger charge is 2.25. The average molecular weight is 392 g/mol. The third-order valence-corrected chi connectivity index (χ3v) is 4.69. The lowest BCUT2D eigenvalue weighted by Crippen LogP contribution is -2.43. The van der Waals surface area contributed by atoms with Gasteiger partial charge in [0.05, 0.1) is 18.8 Å². The normalized spacial score (nSPS) is 16.2.